The van der Waals surface area contributed by atoms with Crippen LogP contribution >= 0.6 is 22.9 Å². The van der Waals surface area contributed by atoms with Gasteiger partial charge in [-0.3, -0.25) is 9.59 Å². The summed E-state index contributed by atoms with van der Waals surface area (Å²) in [5.74, 6) is -0.788. The van der Waals surface area contributed by atoms with Crippen molar-refractivity contribution in [2.24, 2.45) is 0 Å². The molecular formula is C21H18ClN3O4S2. The van der Waals surface area contributed by atoms with Crippen molar-refractivity contribution in [2.75, 3.05) is 10.6 Å². The topological polar surface area (TPSA) is 104 Å². The Hall–Kier alpha value is -2.72. The van der Waals surface area contributed by atoms with E-state index in [1.807, 2.05) is 0 Å². The molecule has 0 unspecified atom stereocenters. The summed E-state index contributed by atoms with van der Waals surface area (Å²) in [5, 5.41) is 7.46. The number of sulfonamides is 1. The molecule has 1 aliphatic carbocycles. The lowest BCUT2D eigenvalue weighted by Gasteiger charge is -2.11. The van der Waals surface area contributed by atoms with Gasteiger partial charge in [0.15, 0.2) is 0 Å². The van der Waals surface area contributed by atoms with Crippen LogP contribution in [0.3, 0.4) is 0 Å². The van der Waals surface area contributed by atoms with Crippen LogP contribution in [0.15, 0.2) is 64.9 Å². The lowest BCUT2D eigenvalue weighted by atomic mass is 10.1. The summed E-state index contributed by atoms with van der Waals surface area (Å²) in [5.41, 5.74) is 0.899. The average molecular weight is 476 g/mol. The molecule has 2 amide bonds. The number of amides is 2. The first-order valence-electron chi connectivity index (χ1n) is 9.40. The number of carbonyl (C=O) groups excluding carboxylic acids is 2. The molecule has 0 aliphatic heterocycles. The molecule has 0 radical (unpaired) electrons. The summed E-state index contributed by atoms with van der Waals surface area (Å²) >= 11 is 7.46. The van der Waals surface area contributed by atoms with Gasteiger partial charge in [0, 0.05) is 17.3 Å². The number of anilines is 2. The Morgan fingerprint density at radius 2 is 1.77 bits per heavy atom. The van der Waals surface area contributed by atoms with Crippen LogP contribution in [-0.4, -0.2) is 26.3 Å². The molecular weight excluding hydrogens is 458 g/mol. The van der Waals surface area contributed by atoms with Crippen molar-refractivity contribution in [2.45, 2.75) is 23.8 Å². The van der Waals surface area contributed by atoms with Gasteiger partial charge in [-0.25, -0.2) is 13.1 Å². The van der Waals surface area contributed by atoms with Crippen LogP contribution in [0.2, 0.25) is 5.02 Å². The Balaban J connectivity index is 1.50. The van der Waals surface area contributed by atoms with Crippen molar-refractivity contribution >= 4 is 56.2 Å². The Kier molecular flexibility index (Phi) is 6.10. The average Bonchev–Trinajstić information content (AvgIpc) is 3.36. The first-order chi connectivity index (χ1) is 14.8. The molecule has 31 heavy (non-hydrogen) atoms. The lowest BCUT2D eigenvalue weighted by molar-refractivity contribution is 0.101. The highest BCUT2D eigenvalue weighted by Gasteiger charge is 2.28. The van der Waals surface area contributed by atoms with Gasteiger partial charge in [0.1, 0.15) is 0 Å². The number of hydrogen-bond donors (Lipinski definition) is 3. The zero-order valence-electron chi connectivity index (χ0n) is 16.1. The van der Waals surface area contributed by atoms with Crippen molar-refractivity contribution < 1.29 is 18.0 Å². The molecule has 3 N–H and O–H groups in total. The SMILES string of the molecule is O=C(Nc1cccc(S(=O)(=O)NC2CC2)c1)c1ccc(Cl)c(NC(=O)c2cccs2)c1. The molecule has 2 aromatic carbocycles. The Labute approximate surface area is 188 Å². The third kappa shape index (κ3) is 5.31. The fraction of sp³-hybridized carbons (Fsp3) is 0.143. The quantitative estimate of drug-likeness (QED) is 0.472. The molecule has 1 saturated carbocycles. The van der Waals surface area contributed by atoms with Gasteiger partial charge in [-0.05, 0) is 60.7 Å². The van der Waals surface area contributed by atoms with Crippen LogP contribution in [0, 0.1) is 0 Å². The van der Waals surface area contributed by atoms with E-state index in [4.69, 9.17) is 11.6 Å². The number of hydrogen-bond acceptors (Lipinski definition) is 5. The fourth-order valence-electron chi connectivity index (χ4n) is 2.79. The van der Waals surface area contributed by atoms with E-state index in [0.717, 1.165) is 12.8 Å². The van der Waals surface area contributed by atoms with Crippen LogP contribution in [0.25, 0.3) is 0 Å². The zero-order chi connectivity index (χ0) is 22.0. The minimum absolute atomic E-state index is 0.0138. The number of rotatable bonds is 7. The Morgan fingerprint density at radius 1 is 0.968 bits per heavy atom. The van der Waals surface area contributed by atoms with E-state index < -0.39 is 15.9 Å². The third-order valence-electron chi connectivity index (χ3n) is 4.52. The van der Waals surface area contributed by atoms with E-state index in [-0.39, 0.29) is 22.4 Å². The predicted octanol–water partition coefficient (Wildman–Crippen LogP) is 4.35. The summed E-state index contributed by atoms with van der Waals surface area (Å²) < 4.78 is 27.4. The van der Waals surface area contributed by atoms with Crippen molar-refractivity contribution in [3.8, 4) is 0 Å². The van der Waals surface area contributed by atoms with E-state index in [1.54, 1.807) is 29.6 Å². The summed E-state index contributed by atoms with van der Waals surface area (Å²) in [6, 6.07) is 14.0. The van der Waals surface area contributed by atoms with Gasteiger partial charge in [-0.2, -0.15) is 0 Å². The maximum absolute atomic E-state index is 12.7. The molecule has 1 aromatic heterocycles. The van der Waals surface area contributed by atoms with Gasteiger partial charge in [0.25, 0.3) is 11.8 Å². The van der Waals surface area contributed by atoms with E-state index in [1.165, 1.54) is 41.7 Å². The third-order valence-corrected chi connectivity index (χ3v) is 7.24. The molecule has 0 spiro atoms. The molecule has 0 saturated heterocycles. The molecule has 160 valence electrons. The fourth-order valence-corrected chi connectivity index (χ4v) is 4.92. The van der Waals surface area contributed by atoms with Gasteiger partial charge in [-0.1, -0.05) is 23.7 Å². The molecule has 1 aliphatic rings. The van der Waals surface area contributed by atoms with E-state index in [0.29, 0.717) is 21.3 Å². The number of nitrogens with one attached hydrogen (secondary N) is 3. The molecule has 10 heteroatoms. The van der Waals surface area contributed by atoms with E-state index in [2.05, 4.69) is 15.4 Å². The lowest BCUT2D eigenvalue weighted by Crippen LogP contribution is -2.25. The monoisotopic (exact) mass is 475 g/mol. The number of benzene rings is 2. The van der Waals surface area contributed by atoms with Crippen LogP contribution in [0.1, 0.15) is 32.9 Å². The van der Waals surface area contributed by atoms with Crippen molar-refractivity contribution in [1.82, 2.24) is 4.72 Å². The standard InChI is InChI=1S/C21H18ClN3O4S2/c22-17-9-6-13(11-18(17)24-21(27)19-5-2-10-30-19)20(26)23-15-3-1-4-16(12-15)31(28,29)25-14-7-8-14/h1-6,9-12,14,25H,7-8H2,(H,23,26)(H,24,27). The van der Waals surface area contributed by atoms with E-state index in [9.17, 15) is 18.0 Å². The molecule has 1 fully saturated rings. The van der Waals surface area contributed by atoms with Gasteiger partial charge < -0.3 is 10.6 Å². The van der Waals surface area contributed by atoms with Gasteiger partial charge in [0.05, 0.1) is 20.5 Å². The van der Waals surface area contributed by atoms with Crippen LogP contribution < -0.4 is 15.4 Å². The Bertz CT molecular complexity index is 1240. The molecule has 0 bridgehead atoms. The molecule has 0 atom stereocenters. The molecule has 7 nitrogen and oxygen atoms in total. The summed E-state index contributed by atoms with van der Waals surface area (Å²) in [4.78, 5) is 25.6. The van der Waals surface area contributed by atoms with Crippen LogP contribution in [0.4, 0.5) is 11.4 Å². The Morgan fingerprint density at radius 3 is 2.48 bits per heavy atom. The first-order valence-corrected chi connectivity index (χ1v) is 12.1. The van der Waals surface area contributed by atoms with Gasteiger partial charge >= 0.3 is 0 Å². The molecule has 3 aromatic rings. The second-order valence-electron chi connectivity index (χ2n) is 7.00. The van der Waals surface area contributed by atoms with Crippen LogP contribution in [-0.2, 0) is 10.0 Å². The number of halogens is 1. The predicted molar refractivity (Wildman–Crippen MR) is 121 cm³/mol. The van der Waals surface area contributed by atoms with Crippen molar-refractivity contribution in [3.63, 3.8) is 0 Å². The highest BCUT2D eigenvalue weighted by Crippen LogP contribution is 2.26. The van der Waals surface area contributed by atoms with Gasteiger partial charge in [0.2, 0.25) is 10.0 Å². The normalized spacial score (nSPS) is 13.6. The molecule has 1 heterocycles. The summed E-state index contributed by atoms with van der Waals surface area (Å²) in [6.07, 6.45) is 1.66. The minimum Gasteiger partial charge on any atom is -0.322 e. The highest BCUT2D eigenvalue weighted by atomic mass is 35.5. The largest absolute Gasteiger partial charge is 0.322 e. The van der Waals surface area contributed by atoms with Crippen molar-refractivity contribution in [3.05, 3.63) is 75.4 Å². The smallest absolute Gasteiger partial charge is 0.265 e. The molecule has 4 rings (SSSR count). The first kappa shape index (κ1) is 21.5. The highest BCUT2D eigenvalue weighted by molar-refractivity contribution is 7.89. The second kappa shape index (κ2) is 8.80. The van der Waals surface area contributed by atoms with Crippen LogP contribution in [0.5, 0.6) is 0 Å². The van der Waals surface area contributed by atoms with Gasteiger partial charge in [-0.15, -0.1) is 11.3 Å². The summed E-state index contributed by atoms with van der Waals surface area (Å²) in [7, 11) is -3.63. The zero-order valence-corrected chi connectivity index (χ0v) is 18.5. The van der Waals surface area contributed by atoms with E-state index >= 15 is 0 Å². The maximum atomic E-state index is 12.7. The minimum atomic E-state index is -3.63. The number of thiophene rings is 1. The van der Waals surface area contributed by atoms with Crippen molar-refractivity contribution in [1.29, 1.82) is 0 Å². The maximum Gasteiger partial charge on any atom is 0.265 e. The number of carbonyl (C=O) groups is 2. The summed E-state index contributed by atoms with van der Waals surface area (Å²) in [6.45, 7) is 0. The second-order valence-corrected chi connectivity index (χ2v) is 10.1.